The molecule has 3 heteroatoms. The molecule has 1 rings (SSSR count). The highest BCUT2D eigenvalue weighted by molar-refractivity contribution is 5.73. The topological polar surface area (TPSA) is 49.3 Å². The van der Waals surface area contributed by atoms with Crippen LogP contribution < -0.4 is 5.32 Å². The van der Waals surface area contributed by atoms with Crippen LogP contribution in [0.25, 0.3) is 0 Å². The van der Waals surface area contributed by atoms with E-state index in [9.17, 15) is 9.90 Å². The molecule has 1 aromatic carbocycles. The molecule has 2 atom stereocenters. The number of carbonyl (C=O) groups is 1. The highest BCUT2D eigenvalue weighted by Crippen LogP contribution is 2.07. The molecule has 0 aliphatic rings. The first kappa shape index (κ1) is 15.7. The molecule has 106 valence electrons. The van der Waals surface area contributed by atoms with Crippen molar-refractivity contribution in [2.24, 2.45) is 0 Å². The van der Waals surface area contributed by atoms with Crippen molar-refractivity contribution in [3.05, 3.63) is 35.9 Å². The van der Waals surface area contributed by atoms with Crippen LogP contribution in [0.1, 0.15) is 45.1 Å². The van der Waals surface area contributed by atoms with Crippen molar-refractivity contribution >= 4 is 5.97 Å². The molecule has 0 spiro atoms. The van der Waals surface area contributed by atoms with Gasteiger partial charge in [-0.3, -0.25) is 4.79 Å². The lowest BCUT2D eigenvalue weighted by Crippen LogP contribution is -2.42. The zero-order chi connectivity index (χ0) is 14.1. The van der Waals surface area contributed by atoms with Gasteiger partial charge in [0.25, 0.3) is 0 Å². The molecule has 0 amide bonds. The number of benzene rings is 1. The molecule has 3 nitrogen and oxygen atoms in total. The maximum Gasteiger partial charge on any atom is 0.320 e. The number of carboxylic acid groups (broad SMARTS) is 1. The summed E-state index contributed by atoms with van der Waals surface area (Å²) in [5, 5.41) is 12.4. The summed E-state index contributed by atoms with van der Waals surface area (Å²) < 4.78 is 0. The van der Waals surface area contributed by atoms with Gasteiger partial charge >= 0.3 is 5.97 Å². The van der Waals surface area contributed by atoms with Gasteiger partial charge < -0.3 is 10.4 Å². The Balaban J connectivity index is 2.35. The highest BCUT2D eigenvalue weighted by Gasteiger charge is 2.18. The Morgan fingerprint density at radius 2 is 1.95 bits per heavy atom. The number of rotatable bonds is 9. The van der Waals surface area contributed by atoms with Gasteiger partial charge in [-0.1, -0.05) is 50.1 Å². The molecule has 1 aromatic rings. The van der Waals surface area contributed by atoms with Gasteiger partial charge in [0.1, 0.15) is 6.04 Å². The van der Waals surface area contributed by atoms with Gasteiger partial charge in [-0.25, -0.2) is 0 Å². The summed E-state index contributed by atoms with van der Waals surface area (Å²) in [6.45, 7) is 4.14. The third-order valence-corrected chi connectivity index (χ3v) is 3.34. The zero-order valence-electron chi connectivity index (χ0n) is 11.9. The largest absolute Gasteiger partial charge is 0.480 e. The quantitative estimate of drug-likeness (QED) is 0.719. The fourth-order valence-corrected chi connectivity index (χ4v) is 2.14. The minimum atomic E-state index is -0.736. The Bertz CT molecular complexity index is 364. The predicted molar refractivity (Wildman–Crippen MR) is 78.3 cm³/mol. The number of aliphatic carboxylic acids is 1. The Kier molecular flexibility index (Phi) is 7.19. The van der Waals surface area contributed by atoms with E-state index in [1.54, 1.807) is 0 Å². The molecule has 0 aromatic heterocycles. The van der Waals surface area contributed by atoms with Crippen LogP contribution in [0, 0.1) is 0 Å². The summed E-state index contributed by atoms with van der Waals surface area (Å²) in [6, 6.07) is 10.1. The lowest BCUT2D eigenvalue weighted by atomic mass is 10.0. The maximum atomic E-state index is 11.2. The normalized spacial score (nSPS) is 14.0. The smallest absolute Gasteiger partial charge is 0.320 e. The van der Waals surface area contributed by atoms with E-state index in [1.165, 1.54) is 5.56 Å². The van der Waals surface area contributed by atoms with Crippen molar-refractivity contribution < 1.29 is 9.90 Å². The zero-order valence-corrected chi connectivity index (χ0v) is 11.9. The molecule has 0 saturated carbocycles. The SMILES string of the molecule is CCCCC(NC(C)CCc1ccccc1)C(=O)O. The monoisotopic (exact) mass is 263 g/mol. The number of carboxylic acids is 1. The highest BCUT2D eigenvalue weighted by atomic mass is 16.4. The second-order valence-electron chi connectivity index (χ2n) is 5.13. The van der Waals surface area contributed by atoms with Crippen molar-refractivity contribution in [2.75, 3.05) is 0 Å². The molecule has 0 heterocycles. The van der Waals surface area contributed by atoms with Crippen LogP contribution in [0.15, 0.2) is 30.3 Å². The summed E-state index contributed by atoms with van der Waals surface area (Å²) >= 11 is 0. The van der Waals surface area contributed by atoms with Crippen molar-refractivity contribution in [3.63, 3.8) is 0 Å². The molecule has 2 N–H and O–H groups in total. The summed E-state index contributed by atoms with van der Waals surface area (Å²) in [7, 11) is 0. The van der Waals surface area contributed by atoms with E-state index in [0.717, 1.165) is 25.7 Å². The van der Waals surface area contributed by atoms with E-state index < -0.39 is 12.0 Å². The number of hydrogen-bond donors (Lipinski definition) is 2. The number of nitrogens with one attached hydrogen (secondary N) is 1. The average molecular weight is 263 g/mol. The van der Waals surface area contributed by atoms with Crippen LogP contribution in [0.2, 0.25) is 0 Å². The average Bonchev–Trinajstić information content (AvgIpc) is 2.42. The van der Waals surface area contributed by atoms with E-state index in [2.05, 4.69) is 31.3 Å². The predicted octanol–water partition coefficient (Wildman–Crippen LogP) is 3.24. The molecular weight excluding hydrogens is 238 g/mol. The standard InChI is InChI=1S/C16H25NO2/c1-3-4-10-15(16(18)19)17-13(2)11-12-14-8-6-5-7-9-14/h5-9,13,15,17H,3-4,10-12H2,1-2H3,(H,18,19). The minimum absolute atomic E-state index is 0.221. The lowest BCUT2D eigenvalue weighted by Gasteiger charge is -2.20. The van der Waals surface area contributed by atoms with Crippen LogP contribution in [0.5, 0.6) is 0 Å². The van der Waals surface area contributed by atoms with Crippen LogP contribution in [-0.4, -0.2) is 23.2 Å². The molecule has 0 fully saturated rings. The fourth-order valence-electron chi connectivity index (χ4n) is 2.14. The number of hydrogen-bond acceptors (Lipinski definition) is 2. The Hall–Kier alpha value is -1.35. The van der Waals surface area contributed by atoms with Gasteiger partial charge in [0.15, 0.2) is 0 Å². The molecule has 0 saturated heterocycles. The Morgan fingerprint density at radius 1 is 1.26 bits per heavy atom. The first-order chi connectivity index (χ1) is 9.13. The van der Waals surface area contributed by atoms with Crippen molar-refractivity contribution in [1.82, 2.24) is 5.32 Å². The van der Waals surface area contributed by atoms with Gasteiger partial charge in [0.05, 0.1) is 0 Å². The van der Waals surface area contributed by atoms with E-state index in [1.807, 2.05) is 18.2 Å². The molecule has 0 radical (unpaired) electrons. The molecule has 0 aliphatic heterocycles. The second kappa shape index (κ2) is 8.70. The van der Waals surface area contributed by atoms with Crippen molar-refractivity contribution in [3.8, 4) is 0 Å². The number of unbranched alkanes of at least 4 members (excludes halogenated alkanes) is 1. The summed E-state index contributed by atoms with van der Waals surface area (Å²) in [5.41, 5.74) is 1.30. The summed E-state index contributed by atoms with van der Waals surface area (Å²) in [6.07, 6.45) is 4.63. The van der Waals surface area contributed by atoms with Gasteiger partial charge in [0, 0.05) is 6.04 Å². The Labute approximate surface area is 116 Å². The van der Waals surface area contributed by atoms with Gasteiger partial charge in [-0.05, 0) is 31.7 Å². The lowest BCUT2D eigenvalue weighted by molar-refractivity contribution is -0.139. The van der Waals surface area contributed by atoms with Gasteiger partial charge in [-0.15, -0.1) is 0 Å². The van der Waals surface area contributed by atoms with Crippen LogP contribution in [0.4, 0.5) is 0 Å². The van der Waals surface area contributed by atoms with E-state index in [-0.39, 0.29) is 6.04 Å². The van der Waals surface area contributed by atoms with E-state index in [0.29, 0.717) is 6.42 Å². The second-order valence-corrected chi connectivity index (χ2v) is 5.13. The number of aryl methyl sites for hydroxylation is 1. The summed E-state index contributed by atoms with van der Waals surface area (Å²) in [4.78, 5) is 11.2. The third kappa shape index (κ3) is 6.39. The molecule has 19 heavy (non-hydrogen) atoms. The molecular formula is C16H25NO2. The van der Waals surface area contributed by atoms with Crippen LogP contribution in [0.3, 0.4) is 0 Å². The molecule has 2 unspecified atom stereocenters. The first-order valence-corrected chi connectivity index (χ1v) is 7.16. The third-order valence-electron chi connectivity index (χ3n) is 3.34. The van der Waals surface area contributed by atoms with Crippen LogP contribution >= 0.6 is 0 Å². The van der Waals surface area contributed by atoms with E-state index >= 15 is 0 Å². The maximum absolute atomic E-state index is 11.2. The summed E-state index contributed by atoms with van der Waals surface area (Å²) in [5.74, 6) is -0.736. The first-order valence-electron chi connectivity index (χ1n) is 7.16. The van der Waals surface area contributed by atoms with Crippen molar-refractivity contribution in [2.45, 2.75) is 58.0 Å². The van der Waals surface area contributed by atoms with Crippen LogP contribution in [-0.2, 0) is 11.2 Å². The molecule has 0 aliphatic carbocycles. The van der Waals surface area contributed by atoms with Gasteiger partial charge in [0.2, 0.25) is 0 Å². The molecule has 0 bridgehead atoms. The fraction of sp³-hybridized carbons (Fsp3) is 0.562. The Morgan fingerprint density at radius 3 is 2.53 bits per heavy atom. The van der Waals surface area contributed by atoms with Gasteiger partial charge in [-0.2, -0.15) is 0 Å². The van der Waals surface area contributed by atoms with Crippen molar-refractivity contribution in [1.29, 1.82) is 0 Å². The van der Waals surface area contributed by atoms with E-state index in [4.69, 9.17) is 0 Å². The minimum Gasteiger partial charge on any atom is -0.480 e.